The van der Waals surface area contributed by atoms with Gasteiger partial charge in [0.2, 0.25) is 5.91 Å². The smallest absolute Gasteiger partial charge is 0.282 e. The molecule has 1 aliphatic rings. The van der Waals surface area contributed by atoms with Crippen LogP contribution in [0.2, 0.25) is 0 Å². The molecule has 0 saturated carbocycles. The largest absolute Gasteiger partial charge is 0.342 e. The Morgan fingerprint density at radius 2 is 1.86 bits per heavy atom. The lowest BCUT2D eigenvalue weighted by atomic mass is 10.1. The maximum atomic E-state index is 13.0. The summed E-state index contributed by atoms with van der Waals surface area (Å²) >= 11 is 2.68. The summed E-state index contributed by atoms with van der Waals surface area (Å²) in [6.45, 7) is 3.46. The lowest BCUT2D eigenvalue weighted by Crippen LogP contribution is -2.38. The van der Waals surface area contributed by atoms with E-state index in [1.54, 1.807) is 0 Å². The Kier molecular flexibility index (Phi) is 5.91. The highest BCUT2D eigenvalue weighted by molar-refractivity contribution is 8.00. The number of nitrogen functional groups attached to an aromatic ring is 1. The van der Waals surface area contributed by atoms with Crippen LogP contribution in [0.15, 0.2) is 45.7 Å². The van der Waals surface area contributed by atoms with Crippen molar-refractivity contribution in [2.75, 3.05) is 18.9 Å². The van der Waals surface area contributed by atoms with Crippen LogP contribution in [0.3, 0.4) is 0 Å². The first-order chi connectivity index (χ1) is 14.1. The quantitative estimate of drug-likeness (QED) is 0.389. The topological polar surface area (TPSA) is 81.2 Å². The van der Waals surface area contributed by atoms with Crippen LogP contribution >= 0.6 is 23.1 Å². The molecule has 1 unspecified atom stereocenters. The standard InChI is InChI=1S/C21H24N4O2S2/c1-14(19(26)24-11-7-2-3-8-12-24)29-21-23-18-17(20(27)25(21)22)16(13-28-18)15-9-5-4-6-10-15/h4-6,9-10,13-14H,2-3,7-8,11-12,22H2,1H3. The number of amides is 1. The molecule has 8 heteroatoms. The summed E-state index contributed by atoms with van der Waals surface area (Å²) in [4.78, 5) is 33.0. The van der Waals surface area contributed by atoms with Gasteiger partial charge in [0.25, 0.3) is 5.56 Å². The zero-order valence-corrected chi connectivity index (χ0v) is 18.0. The molecule has 4 rings (SSSR count). The fourth-order valence-electron chi connectivity index (χ4n) is 3.65. The van der Waals surface area contributed by atoms with Gasteiger partial charge >= 0.3 is 0 Å². The van der Waals surface area contributed by atoms with Gasteiger partial charge in [0, 0.05) is 24.0 Å². The molecular formula is C21H24N4O2S2. The highest BCUT2D eigenvalue weighted by Gasteiger charge is 2.25. The monoisotopic (exact) mass is 428 g/mol. The van der Waals surface area contributed by atoms with Crippen LogP contribution in [-0.2, 0) is 4.79 Å². The Morgan fingerprint density at radius 1 is 1.17 bits per heavy atom. The summed E-state index contributed by atoms with van der Waals surface area (Å²) < 4.78 is 1.08. The summed E-state index contributed by atoms with van der Waals surface area (Å²) in [5, 5.41) is 2.49. The van der Waals surface area contributed by atoms with Crippen molar-refractivity contribution in [1.29, 1.82) is 0 Å². The molecule has 0 aliphatic carbocycles. The first-order valence-corrected chi connectivity index (χ1v) is 11.6. The van der Waals surface area contributed by atoms with Gasteiger partial charge in [0.1, 0.15) is 4.83 Å². The van der Waals surface area contributed by atoms with Crippen molar-refractivity contribution < 1.29 is 4.79 Å². The second-order valence-electron chi connectivity index (χ2n) is 7.26. The number of thiophene rings is 1. The number of fused-ring (bicyclic) bond motifs is 1. The predicted octanol–water partition coefficient (Wildman–Crippen LogP) is 3.72. The maximum Gasteiger partial charge on any atom is 0.282 e. The minimum Gasteiger partial charge on any atom is -0.342 e. The SMILES string of the molecule is CC(Sc1nc2scc(-c3ccccc3)c2c(=O)n1N)C(=O)N1CCCCCC1. The predicted molar refractivity (Wildman–Crippen MR) is 120 cm³/mol. The molecule has 1 fully saturated rings. The number of carbonyl (C=O) groups excluding carboxylic acids is 1. The van der Waals surface area contributed by atoms with Gasteiger partial charge in [-0.2, -0.15) is 0 Å². The first kappa shape index (κ1) is 20.0. The van der Waals surface area contributed by atoms with Crippen LogP contribution in [0, 0.1) is 0 Å². The Morgan fingerprint density at radius 3 is 2.55 bits per heavy atom. The average Bonchev–Trinajstić information content (AvgIpc) is 2.97. The summed E-state index contributed by atoms with van der Waals surface area (Å²) in [7, 11) is 0. The summed E-state index contributed by atoms with van der Waals surface area (Å²) in [5.41, 5.74) is 1.52. The van der Waals surface area contributed by atoms with E-state index >= 15 is 0 Å². The van der Waals surface area contributed by atoms with E-state index in [2.05, 4.69) is 4.98 Å². The number of carbonyl (C=O) groups is 1. The van der Waals surface area contributed by atoms with Crippen molar-refractivity contribution in [1.82, 2.24) is 14.6 Å². The zero-order chi connectivity index (χ0) is 20.4. The molecule has 0 bridgehead atoms. The maximum absolute atomic E-state index is 13.0. The van der Waals surface area contributed by atoms with Crippen LogP contribution in [0.25, 0.3) is 21.3 Å². The van der Waals surface area contributed by atoms with Gasteiger partial charge in [-0.15, -0.1) is 11.3 Å². The normalized spacial score (nSPS) is 16.0. The van der Waals surface area contributed by atoms with E-state index in [9.17, 15) is 9.59 Å². The second-order valence-corrected chi connectivity index (χ2v) is 9.43. The van der Waals surface area contributed by atoms with E-state index in [1.165, 1.54) is 35.9 Å². The first-order valence-electron chi connectivity index (χ1n) is 9.86. The number of benzene rings is 1. The Hall–Kier alpha value is -2.32. The fourth-order valence-corrected chi connectivity index (χ4v) is 5.56. The molecule has 1 amide bonds. The van der Waals surface area contributed by atoms with E-state index in [1.807, 2.05) is 47.5 Å². The highest BCUT2D eigenvalue weighted by Crippen LogP contribution is 2.32. The number of nitrogens with zero attached hydrogens (tertiary/aromatic N) is 3. The van der Waals surface area contributed by atoms with Crippen molar-refractivity contribution >= 4 is 39.2 Å². The van der Waals surface area contributed by atoms with Crippen molar-refractivity contribution in [3.63, 3.8) is 0 Å². The van der Waals surface area contributed by atoms with Crippen LogP contribution < -0.4 is 11.4 Å². The van der Waals surface area contributed by atoms with Gasteiger partial charge in [-0.1, -0.05) is 54.9 Å². The van der Waals surface area contributed by atoms with E-state index in [4.69, 9.17) is 5.84 Å². The van der Waals surface area contributed by atoms with Gasteiger partial charge < -0.3 is 10.7 Å². The number of thioether (sulfide) groups is 1. The average molecular weight is 429 g/mol. The third-order valence-corrected chi connectivity index (χ3v) is 7.17. The molecule has 152 valence electrons. The van der Waals surface area contributed by atoms with Crippen molar-refractivity contribution in [3.8, 4) is 11.1 Å². The van der Waals surface area contributed by atoms with Gasteiger partial charge in [0.15, 0.2) is 5.16 Å². The number of hydrogen-bond acceptors (Lipinski definition) is 6. The van der Waals surface area contributed by atoms with E-state index in [-0.39, 0.29) is 16.7 Å². The summed E-state index contributed by atoms with van der Waals surface area (Å²) in [6, 6.07) is 9.74. The van der Waals surface area contributed by atoms with Crippen LogP contribution in [0.5, 0.6) is 0 Å². The summed E-state index contributed by atoms with van der Waals surface area (Å²) in [6.07, 6.45) is 4.45. The van der Waals surface area contributed by atoms with Gasteiger partial charge in [-0.25, -0.2) is 9.66 Å². The molecule has 29 heavy (non-hydrogen) atoms. The molecule has 3 aromatic rings. The van der Waals surface area contributed by atoms with E-state index in [0.717, 1.165) is 41.7 Å². The van der Waals surface area contributed by atoms with Crippen LogP contribution in [-0.4, -0.2) is 38.8 Å². The van der Waals surface area contributed by atoms with Crippen LogP contribution in [0.1, 0.15) is 32.6 Å². The Bertz CT molecular complexity index is 1070. The molecule has 0 radical (unpaired) electrons. The summed E-state index contributed by atoms with van der Waals surface area (Å²) in [5.74, 6) is 6.19. The lowest BCUT2D eigenvalue weighted by molar-refractivity contribution is -0.130. The van der Waals surface area contributed by atoms with E-state index < -0.39 is 0 Å². The molecule has 2 N–H and O–H groups in total. The molecular weight excluding hydrogens is 404 g/mol. The highest BCUT2D eigenvalue weighted by atomic mass is 32.2. The number of aromatic nitrogens is 2. The van der Waals surface area contributed by atoms with E-state index in [0.29, 0.717) is 15.4 Å². The molecule has 1 aliphatic heterocycles. The Balaban J connectivity index is 1.62. The molecule has 1 saturated heterocycles. The van der Waals surface area contributed by atoms with Crippen LogP contribution in [0.4, 0.5) is 0 Å². The van der Waals surface area contributed by atoms with Gasteiger partial charge in [0.05, 0.1) is 10.6 Å². The third kappa shape index (κ3) is 4.04. The molecule has 1 atom stereocenters. The van der Waals surface area contributed by atoms with Gasteiger partial charge in [-0.05, 0) is 25.3 Å². The molecule has 6 nitrogen and oxygen atoms in total. The Labute approximate surface area is 177 Å². The van der Waals surface area contributed by atoms with Gasteiger partial charge in [-0.3, -0.25) is 9.59 Å². The fraction of sp³-hybridized carbons (Fsp3) is 0.381. The number of rotatable bonds is 4. The zero-order valence-electron chi connectivity index (χ0n) is 16.3. The molecule has 0 spiro atoms. The minimum atomic E-state index is -0.346. The molecule has 3 heterocycles. The molecule has 1 aromatic carbocycles. The lowest BCUT2D eigenvalue weighted by Gasteiger charge is -2.23. The minimum absolute atomic E-state index is 0.0856. The van der Waals surface area contributed by atoms with Crippen molar-refractivity contribution in [3.05, 3.63) is 46.1 Å². The second kappa shape index (κ2) is 8.59. The number of hydrogen-bond donors (Lipinski definition) is 1. The third-order valence-electron chi connectivity index (χ3n) is 5.24. The molecule has 2 aromatic heterocycles. The van der Waals surface area contributed by atoms with Crippen molar-refractivity contribution in [2.45, 2.75) is 43.0 Å². The van der Waals surface area contributed by atoms with Crippen molar-refractivity contribution in [2.24, 2.45) is 0 Å². The number of likely N-dealkylation sites (tertiary alicyclic amines) is 1. The number of nitrogens with two attached hydrogens (primary N) is 1.